The average Bonchev–Trinajstić information content (AvgIpc) is 4.13. The van der Waals surface area contributed by atoms with Crippen molar-refractivity contribution in [1.29, 1.82) is 0 Å². The van der Waals surface area contributed by atoms with Crippen LogP contribution >= 0.6 is 0 Å². The molecule has 4 aromatic rings. The van der Waals surface area contributed by atoms with Crippen LogP contribution in [0.2, 0.25) is 0 Å². The number of carbonyl (C=O) groups is 4. The zero-order chi connectivity index (χ0) is 42.7. The number of amides is 4. The third-order valence-electron chi connectivity index (χ3n) is 13.9. The molecule has 2 aromatic heterocycles. The van der Waals surface area contributed by atoms with Crippen LogP contribution in [0.15, 0.2) is 48.8 Å². The van der Waals surface area contributed by atoms with Crippen LogP contribution in [-0.4, -0.2) is 92.1 Å². The number of hydrogen-bond acceptors (Lipinski definition) is 9. The molecule has 15 nitrogen and oxygen atoms in total. The summed E-state index contributed by atoms with van der Waals surface area (Å²) in [5, 5.41) is 5.53. The maximum atomic E-state index is 14.0. The van der Waals surface area contributed by atoms with E-state index in [0.29, 0.717) is 25.0 Å². The van der Waals surface area contributed by atoms with Gasteiger partial charge in [-0.2, -0.15) is 0 Å². The molecular weight excluding hydrogens is 777 g/mol. The van der Waals surface area contributed by atoms with Crippen molar-refractivity contribution in [3.05, 3.63) is 71.6 Å². The molecule has 0 spiro atoms. The molecule has 0 radical (unpaired) electrons. The van der Waals surface area contributed by atoms with E-state index in [1.807, 2.05) is 49.9 Å². The van der Waals surface area contributed by atoms with Crippen LogP contribution in [0.3, 0.4) is 0 Å². The summed E-state index contributed by atoms with van der Waals surface area (Å²) >= 11 is 0. The Bertz CT molecular complexity index is 2180. The largest absolute Gasteiger partial charge is 0.453 e. The van der Waals surface area contributed by atoms with E-state index in [0.717, 1.165) is 94.9 Å². The lowest BCUT2D eigenvalue weighted by Crippen LogP contribution is -2.54. The number of H-pyrrole nitrogens is 2. The molecule has 4 N–H and O–H groups in total. The van der Waals surface area contributed by atoms with Crippen molar-refractivity contribution >= 4 is 24.0 Å². The summed E-state index contributed by atoms with van der Waals surface area (Å²) < 4.78 is 16.0. The standard InChI is InChI=1S/C46H56N8O7/c1-23(2)37(51-45(57)59-5)43(55)53-31-11-7-27(17-31)39(53)41-47-19-35(49-41)25-9-13-33-29(15-25)21-61-22-30-16-26(10-14-34(30)33)36-20-48-42(50-36)40-28-8-12-32(18-28)54(40)44(56)38(24(3)4)52-46(58)60-6/h9-10,13-16,19-20,23-24,27-28,31-32,37-40H,7-8,11-12,17-18,21-22H2,1-6H3,(H,47,49)(H,48,50)(H,51,57)(H,52,58)/t27-,28-,31+,32+,37-,38-,39-,40-/m0/s1. The van der Waals surface area contributed by atoms with Crippen molar-refractivity contribution in [2.75, 3.05) is 14.2 Å². The maximum Gasteiger partial charge on any atom is 0.407 e. The first kappa shape index (κ1) is 40.7. The van der Waals surface area contributed by atoms with Crippen LogP contribution in [0.1, 0.15) is 101 Å². The highest BCUT2D eigenvalue weighted by atomic mass is 16.5. The molecule has 2 aromatic carbocycles. The zero-order valence-corrected chi connectivity index (χ0v) is 35.7. The summed E-state index contributed by atoms with van der Waals surface area (Å²) in [4.78, 5) is 73.2. The number of nitrogens with one attached hydrogen (secondary N) is 4. The van der Waals surface area contributed by atoms with E-state index in [9.17, 15) is 19.2 Å². The second-order valence-corrected chi connectivity index (χ2v) is 18.2. The molecule has 5 aliphatic rings. The Morgan fingerprint density at radius 1 is 0.672 bits per heavy atom. The number of piperidine rings is 2. The fourth-order valence-corrected chi connectivity index (χ4v) is 10.9. The fourth-order valence-electron chi connectivity index (χ4n) is 10.9. The molecule has 4 fully saturated rings. The predicted octanol–water partition coefficient (Wildman–Crippen LogP) is 7.03. The third-order valence-corrected chi connectivity index (χ3v) is 13.9. The monoisotopic (exact) mass is 832 g/mol. The Kier molecular flexibility index (Phi) is 10.9. The maximum absolute atomic E-state index is 14.0. The number of fused-ring (bicyclic) bond motifs is 7. The molecule has 4 bridgehead atoms. The summed E-state index contributed by atoms with van der Waals surface area (Å²) in [6.45, 7) is 8.60. The van der Waals surface area contributed by atoms with Crippen LogP contribution in [0.25, 0.3) is 33.6 Å². The van der Waals surface area contributed by atoms with Crippen molar-refractivity contribution in [3.8, 4) is 33.6 Å². The first-order valence-electron chi connectivity index (χ1n) is 21.7. The molecule has 15 heteroatoms. The smallest absolute Gasteiger partial charge is 0.407 e. The van der Waals surface area contributed by atoms with Gasteiger partial charge in [0.05, 0.1) is 63.3 Å². The Balaban J connectivity index is 0.939. The highest BCUT2D eigenvalue weighted by Crippen LogP contribution is 2.51. The van der Waals surface area contributed by atoms with Crippen molar-refractivity contribution in [2.24, 2.45) is 23.7 Å². The summed E-state index contributed by atoms with van der Waals surface area (Å²) in [6.07, 6.45) is 8.27. The molecule has 322 valence electrons. The first-order valence-corrected chi connectivity index (χ1v) is 21.7. The van der Waals surface area contributed by atoms with Gasteiger partial charge in [-0.1, -0.05) is 52.0 Å². The number of benzene rings is 2. The lowest BCUT2D eigenvalue weighted by molar-refractivity contribution is -0.140. The number of imidazole rings is 2. The minimum Gasteiger partial charge on any atom is -0.453 e. The summed E-state index contributed by atoms with van der Waals surface area (Å²) in [5.41, 5.74) is 8.03. The van der Waals surface area contributed by atoms with Gasteiger partial charge in [-0.3, -0.25) is 9.59 Å². The van der Waals surface area contributed by atoms with Crippen LogP contribution in [0.4, 0.5) is 9.59 Å². The van der Waals surface area contributed by atoms with Crippen LogP contribution in [0, 0.1) is 23.7 Å². The fraction of sp³-hybridized carbons (Fsp3) is 0.522. The third kappa shape index (κ3) is 7.33. The average molecular weight is 833 g/mol. The van der Waals surface area contributed by atoms with Gasteiger partial charge in [-0.25, -0.2) is 19.6 Å². The molecule has 4 amide bonds. The number of likely N-dealkylation sites (tertiary alicyclic amines) is 2. The molecule has 9 rings (SSSR count). The predicted molar refractivity (Wildman–Crippen MR) is 225 cm³/mol. The minimum atomic E-state index is -0.693. The minimum absolute atomic E-state index is 0.0992. The van der Waals surface area contributed by atoms with Crippen LogP contribution < -0.4 is 10.6 Å². The molecule has 3 aliphatic heterocycles. The highest BCUT2D eigenvalue weighted by molar-refractivity contribution is 5.88. The number of methoxy groups -OCH3 is 2. The Labute approximate surface area is 355 Å². The quantitative estimate of drug-likeness (QED) is 0.130. The van der Waals surface area contributed by atoms with Gasteiger partial charge in [-0.05, 0) is 108 Å². The number of alkyl carbamates (subject to hydrolysis) is 2. The molecule has 0 unspecified atom stereocenters. The summed E-state index contributed by atoms with van der Waals surface area (Å²) in [7, 11) is 2.61. The van der Waals surface area contributed by atoms with Crippen molar-refractivity contribution in [3.63, 3.8) is 0 Å². The lowest BCUT2D eigenvalue weighted by Gasteiger charge is -2.37. The second kappa shape index (κ2) is 16.3. The number of carbonyl (C=O) groups excluding carboxylic acids is 4. The number of hydrogen-bond donors (Lipinski definition) is 4. The van der Waals surface area contributed by atoms with Gasteiger partial charge in [0.25, 0.3) is 0 Å². The van der Waals surface area contributed by atoms with E-state index < -0.39 is 24.3 Å². The molecule has 2 aliphatic carbocycles. The van der Waals surface area contributed by atoms with Crippen molar-refractivity contribution in [1.82, 2.24) is 40.4 Å². The summed E-state index contributed by atoms with van der Waals surface area (Å²) in [6, 6.07) is 11.3. The SMILES string of the molecule is COC(=O)N[C@H](C(=O)N1[C@@H]2CC[C@@H](C2)[C@H]1c1ncc(-c2ccc3c(c2)COCc2cc(-c4cnc([C@@H]5[C@H]6CC[C@H](C6)N5C(=O)[C@@H](NC(=O)OC)C(C)C)[nH]4)ccc2-3)[nH]1)C(C)C. The van der Waals surface area contributed by atoms with Crippen molar-refractivity contribution in [2.45, 2.75) is 116 Å². The number of aromatic nitrogens is 4. The van der Waals surface area contributed by atoms with E-state index in [1.165, 1.54) is 14.2 Å². The van der Waals surface area contributed by atoms with Gasteiger partial charge in [-0.15, -0.1) is 0 Å². The van der Waals surface area contributed by atoms with E-state index in [2.05, 4.69) is 57.0 Å². The van der Waals surface area contributed by atoms with Gasteiger partial charge < -0.3 is 44.6 Å². The summed E-state index contributed by atoms with van der Waals surface area (Å²) in [5.74, 6) is 1.69. The number of ether oxygens (including phenoxy) is 3. The Morgan fingerprint density at radius 2 is 1.10 bits per heavy atom. The van der Waals surface area contributed by atoms with Gasteiger partial charge in [0.2, 0.25) is 11.8 Å². The zero-order valence-electron chi connectivity index (χ0n) is 35.7. The normalized spacial score (nSPS) is 24.7. The number of nitrogens with zero attached hydrogens (tertiary/aromatic N) is 4. The number of aromatic amines is 2. The molecule has 5 heterocycles. The second-order valence-electron chi connectivity index (χ2n) is 18.2. The molecule has 61 heavy (non-hydrogen) atoms. The van der Waals surface area contributed by atoms with Gasteiger partial charge in [0.15, 0.2) is 0 Å². The topological polar surface area (TPSA) is 184 Å². The number of rotatable bonds is 10. The van der Waals surface area contributed by atoms with E-state index in [-0.39, 0.29) is 47.8 Å². The van der Waals surface area contributed by atoms with Crippen LogP contribution in [-0.2, 0) is 37.0 Å². The van der Waals surface area contributed by atoms with Crippen LogP contribution in [0.5, 0.6) is 0 Å². The van der Waals surface area contributed by atoms with Gasteiger partial charge in [0.1, 0.15) is 23.7 Å². The molecular formula is C46H56N8O7. The highest BCUT2D eigenvalue weighted by Gasteiger charge is 2.53. The lowest BCUT2D eigenvalue weighted by atomic mass is 9.93. The van der Waals surface area contributed by atoms with E-state index >= 15 is 0 Å². The first-order chi connectivity index (χ1) is 29.4. The van der Waals surface area contributed by atoms with Gasteiger partial charge >= 0.3 is 12.2 Å². The van der Waals surface area contributed by atoms with Crippen molar-refractivity contribution < 1.29 is 33.4 Å². The molecule has 8 atom stereocenters. The molecule has 2 saturated heterocycles. The Morgan fingerprint density at radius 3 is 1.49 bits per heavy atom. The Hall–Kier alpha value is -5.70. The van der Waals surface area contributed by atoms with Gasteiger partial charge in [0, 0.05) is 12.1 Å². The van der Waals surface area contributed by atoms with E-state index in [4.69, 9.17) is 24.2 Å². The van der Waals surface area contributed by atoms with E-state index in [1.54, 1.807) is 0 Å². The molecule has 2 saturated carbocycles.